The Balaban J connectivity index is 1.82. The molecule has 1 unspecified atom stereocenters. The van der Waals surface area contributed by atoms with Gasteiger partial charge >= 0.3 is 10.2 Å². The van der Waals surface area contributed by atoms with Crippen molar-refractivity contribution < 1.29 is 32.6 Å². The van der Waals surface area contributed by atoms with Gasteiger partial charge in [0.15, 0.2) is 9.84 Å². The number of halogens is 5. The van der Waals surface area contributed by atoms with E-state index < -0.39 is 36.9 Å². The molecule has 172 valence electrons. The van der Waals surface area contributed by atoms with Gasteiger partial charge in [0.05, 0.1) is 30.5 Å². The maximum Gasteiger partial charge on any atom is 0.310 e. The monoisotopic (exact) mass is 502 g/mol. The van der Waals surface area contributed by atoms with Gasteiger partial charge in [-0.25, -0.2) is 13.4 Å². The lowest BCUT2D eigenvalue weighted by atomic mass is 10.1. The van der Waals surface area contributed by atoms with Crippen LogP contribution in [0.4, 0.5) is 19.4 Å². The molecule has 2 heterocycles. The van der Waals surface area contributed by atoms with Crippen molar-refractivity contribution in [1.82, 2.24) is 9.88 Å². The molecule has 13 heteroatoms. The van der Waals surface area contributed by atoms with E-state index in [1.54, 1.807) is 0 Å². The van der Waals surface area contributed by atoms with Crippen molar-refractivity contribution >= 4 is 37.3 Å². The highest BCUT2D eigenvalue weighted by atomic mass is 32.5. The van der Waals surface area contributed by atoms with Gasteiger partial charge in [-0.15, -0.1) is 11.3 Å². The Morgan fingerprint density at radius 2 is 1.84 bits per heavy atom. The van der Waals surface area contributed by atoms with E-state index in [0.717, 1.165) is 23.2 Å². The minimum atomic E-state index is -9.80. The van der Waals surface area contributed by atoms with E-state index in [9.17, 15) is 32.6 Å². The average Bonchev–Trinajstić information content (AvgIpc) is 3.23. The van der Waals surface area contributed by atoms with E-state index in [-0.39, 0.29) is 36.4 Å². The number of nitrogens with zero attached hydrogens (tertiary/aromatic N) is 2. The Morgan fingerprint density at radius 1 is 1.19 bits per heavy atom. The molecule has 3 rings (SSSR count). The predicted octanol–water partition coefficient (Wildman–Crippen LogP) is 5.24. The third-order valence-electron chi connectivity index (χ3n) is 4.62. The molecule has 2 aromatic rings. The van der Waals surface area contributed by atoms with Gasteiger partial charge in [0.25, 0.3) is 0 Å². The summed E-state index contributed by atoms with van der Waals surface area (Å²) in [5, 5.41) is 3.41. The van der Waals surface area contributed by atoms with Crippen molar-refractivity contribution in [2.45, 2.75) is 37.2 Å². The zero-order chi connectivity index (χ0) is 23.1. The second-order valence-corrected chi connectivity index (χ2v) is 12.4. The summed E-state index contributed by atoms with van der Waals surface area (Å²) in [6, 6.07) is 1.40. The van der Waals surface area contributed by atoms with E-state index in [0.29, 0.717) is 11.4 Å². The smallest absolute Gasteiger partial charge is 0.310 e. The van der Waals surface area contributed by atoms with Crippen LogP contribution in [0.3, 0.4) is 0 Å². The minimum Gasteiger partial charge on any atom is -0.328 e. The van der Waals surface area contributed by atoms with Crippen LogP contribution in [0, 0.1) is 0 Å². The highest BCUT2D eigenvalue weighted by molar-refractivity contribution is 8.45. The number of aromatic nitrogens is 1. The van der Waals surface area contributed by atoms with Crippen LogP contribution in [0.5, 0.6) is 0 Å². The van der Waals surface area contributed by atoms with Gasteiger partial charge in [-0.05, 0) is 30.2 Å². The van der Waals surface area contributed by atoms with Gasteiger partial charge in [0.2, 0.25) is 5.91 Å². The molecule has 0 fully saturated rings. The summed E-state index contributed by atoms with van der Waals surface area (Å²) in [5.41, 5.74) is 0.910. The average molecular weight is 503 g/mol. The Hall–Kier alpha value is -1.99. The number of hydrogen-bond donors (Lipinski definition) is 0. The van der Waals surface area contributed by atoms with Gasteiger partial charge in [0, 0.05) is 10.8 Å². The van der Waals surface area contributed by atoms with E-state index in [2.05, 4.69) is 4.98 Å². The lowest BCUT2D eigenvalue weighted by Crippen LogP contribution is -2.41. The summed E-state index contributed by atoms with van der Waals surface area (Å²) < 4.78 is 88.0. The molecule has 0 bridgehead atoms. The summed E-state index contributed by atoms with van der Waals surface area (Å²) in [7, 11) is -13.3. The molecule has 5 nitrogen and oxygen atoms in total. The number of carbonyl (C=O) groups excluding carboxylic acids is 1. The van der Waals surface area contributed by atoms with E-state index >= 15 is 0 Å². The number of benzene rings is 1. The number of carbonyl (C=O) groups is 1. The van der Waals surface area contributed by atoms with Gasteiger partial charge in [-0.1, -0.05) is 38.5 Å². The second-order valence-electron chi connectivity index (χ2n) is 7.12. The van der Waals surface area contributed by atoms with Crippen molar-refractivity contribution in [1.29, 1.82) is 0 Å². The minimum absolute atomic E-state index is 0.0254. The Bertz CT molecular complexity index is 1130. The Kier molecular flexibility index (Phi) is 5.55. The van der Waals surface area contributed by atoms with Crippen LogP contribution in [0.15, 0.2) is 46.0 Å². The molecule has 1 aliphatic heterocycles. The molecule has 1 amide bonds. The lowest BCUT2D eigenvalue weighted by Gasteiger charge is -2.40. The molecule has 1 aliphatic rings. The van der Waals surface area contributed by atoms with Gasteiger partial charge in [-0.3, -0.25) is 4.79 Å². The largest absolute Gasteiger partial charge is 0.328 e. The first-order chi connectivity index (χ1) is 14.1. The fraction of sp³-hybridized carbons (Fsp3) is 0.333. The Morgan fingerprint density at radius 3 is 2.32 bits per heavy atom. The molecule has 0 saturated heterocycles. The zero-order valence-corrected chi connectivity index (χ0v) is 18.6. The highest BCUT2D eigenvalue weighted by Gasteiger charge is 2.65. The zero-order valence-electron chi connectivity index (χ0n) is 16.2. The molecule has 0 spiro atoms. The lowest BCUT2D eigenvalue weighted by molar-refractivity contribution is -0.132. The van der Waals surface area contributed by atoms with Crippen molar-refractivity contribution in [3.05, 3.63) is 57.4 Å². The van der Waals surface area contributed by atoms with Crippen LogP contribution in [0.2, 0.25) is 0 Å². The van der Waals surface area contributed by atoms with Crippen LogP contribution in [0.1, 0.15) is 23.2 Å². The normalized spacial score (nSPS) is 20.3. The molecule has 0 saturated carbocycles. The highest BCUT2D eigenvalue weighted by Crippen LogP contribution is 3.02. The number of rotatable bonds is 7. The topological polar surface area (TPSA) is 67.3 Å². The number of sulfone groups is 1. The third kappa shape index (κ3) is 6.04. The SMILES string of the molecule is CCc1csc(CN(C(=O)Cc2ccc(S(F)(F)(F)(F)F)cc2)C2C=CS(=O)(=O)C2)n1. The molecule has 0 radical (unpaired) electrons. The predicted molar refractivity (Wildman–Crippen MR) is 110 cm³/mol. The van der Waals surface area contributed by atoms with Crippen molar-refractivity contribution in [3.8, 4) is 0 Å². The Labute approximate surface area is 180 Å². The van der Waals surface area contributed by atoms with E-state index in [4.69, 9.17) is 0 Å². The van der Waals surface area contributed by atoms with Gasteiger partial charge < -0.3 is 4.90 Å². The maximum absolute atomic E-state index is 12.9. The first-order valence-corrected chi connectivity index (χ1v) is 13.6. The number of amides is 1. The maximum atomic E-state index is 12.9. The van der Waals surface area contributed by atoms with Crippen LogP contribution < -0.4 is 0 Å². The number of hydrogen-bond acceptors (Lipinski definition) is 5. The standard InChI is InChI=1S/C18H19F5N2O3S3/c1-2-14-11-29-17(24-14)10-25(15-7-8-30(27,28)12-15)18(26)9-13-3-5-16(6-4-13)31(19,20,21,22)23/h3-8,11,15H,2,9-10,12H2,1H3. The molecular weight excluding hydrogens is 483 g/mol. The van der Waals surface area contributed by atoms with Crippen molar-refractivity contribution in [2.24, 2.45) is 0 Å². The summed E-state index contributed by atoms with van der Waals surface area (Å²) >= 11 is 1.31. The molecule has 31 heavy (non-hydrogen) atoms. The summed E-state index contributed by atoms with van der Waals surface area (Å²) in [4.78, 5) is 16.5. The van der Waals surface area contributed by atoms with Crippen molar-refractivity contribution in [2.75, 3.05) is 5.75 Å². The summed E-state index contributed by atoms with van der Waals surface area (Å²) in [5.74, 6) is -0.867. The van der Waals surface area contributed by atoms with Gasteiger partial charge in [-0.2, -0.15) is 0 Å². The fourth-order valence-electron chi connectivity index (χ4n) is 3.01. The van der Waals surface area contributed by atoms with Crippen LogP contribution in [-0.4, -0.2) is 36.0 Å². The molecular formula is C18H19F5N2O3S3. The van der Waals surface area contributed by atoms with E-state index in [1.165, 1.54) is 22.3 Å². The molecule has 1 aromatic heterocycles. The van der Waals surface area contributed by atoms with Gasteiger partial charge in [0.1, 0.15) is 9.90 Å². The number of aryl methyl sites for hydroxylation is 1. The van der Waals surface area contributed by atoms with Crippen molar-refractivity contribution in [3.63, 3.8) is 0 Å². The third-order valence-corrected chi connectivity index (χ3v) is 8.05. The van der Waals surface area contributed by atoms with Crippen LogP contribution in [0.25, 0.3) is 0 Å². The quantitative estimate of drug-likeness (QED) is 0.486. The second kappa shape index (κ2) is 7.27. The first kappa shape index (κ1) is 23.7. The molecule has 0 N–H and O–H groups in total. The molecule has 0 aliphatic carbocycles. The summed E-state index contributed by atoms with van der Waals surface area (Å²) in [6.45, 7) is 1.93. The first-order valence-electron chi connectivity index (χ1n) is 9.03. The summed E-state index contributed by atoms with van der Waals surface area (Å²) in [6.07, 6.45) is 1.68. The number of thiazole rings is 1. The fourth-order valence-corrected chi connectivity index (χ4v) is 5.84. The molecule has 1 aromatic carbocycles. The molecule has 1 atom stereocenters. The van der Waals surface area contributed by atoms with Crippen LogP contribution >= 0.6 is 21.6 Å². The van der Waals surface area contributed by atoms with E-state index in [1.807, 2.05) is 12.3 Å². The van der Waals surface area contributed by atoms with Crippen LogP contribution in [-0.2, 0) is 34.0 Å².